The van der Waals surface area contributed by atoms with Crippen LogP contribution in [0.3, 0.4) is 0 Å². The van der Waals surface area contributed by atoms with Gasteiger partial charge in [-0.05, 0) is 24.7 Å². The van der Waals surface area contributed by atoms with Gasteiger partial charge >= 0.3 is 0 Å². The largest absolute Gasteiger partial charge is 0.381 e. The molecule has 0 aliphatic carbocycles. The molecule has 0 spiro atoms. The Bertz CT molecular complexity index is 115. The quantitative estimate of drug-likeness (QED) is 0.493. The van der Waals surface area contributed by atoms with Gasteiger partial charge in [0.25, 0.3) is 0 Å². The summed E-state index contributed by atoms with van der Waals surface area (Å²) in [7, 11) is 0. The summed E-state index contributed by atoms with van der Waals surface area (Å²) in [4.78, 5) is 0.648. The molecule has 80 valence electrons. The van der Waals surface area contributed by atoms with Crippen LogP contribution in [0.1, 0.15) is 40.5 Å². The molecule has 0 fully saturated rings. The molecular weight excluding hydrogens is 228 g/mol. The van der Waals surface area contributed by atoms with E-state index in [2.05, 4.69) is 43.6 Å². The van der Waals surface area contributed by atoms with Crippen LogP contribution in [0.15, 0.2) is 0 Å². The van der Waals surface area contributed by atoms with Crippen LogP contribution in [0.2, 0.25) is 0 Å². The van der Waals surface area contributed by atoms with Gasteiger partial charge in [0, 0.05) is 18.0 Å². The topological polar surface area (TPSA) is 9.23 Å². The van der Waals surface area contributed by atoms with E-state index in [0.717, 1.165) is 25.6 Å². The minimum Gasteiger partial charge on any atom is -0.381 e. The van der Waals surface area contributed by atoms with E-state index in [1.807, 2.05) is 0 Å². The SMILES string of the molecule is CCC(Br)C(C)CCOCC(C)C. The van der Waals surface area contributed by atoms with E-state index >= 15 is 0 Å². The van der Waals surface area contributed by atoms with E-state index in [4.69, 9.17) is 4.74 Å². The van der Waals surface area contributed by atoms with Crippen LogP contribution in [0.25, 0.3) is 0 Å². The molecule has 2 unspecified atom stereocenters. The number of hydrogen-bond donors (Lipinski definition) is 0. The Hall–Kier alpha value is 0.440. The van der Waals surface area contributed by atoms with Crippen molar-refractivity contribution in [2.24, 2.45) is 11.8 Å². The molecule has 0 aromatic rings. The van der Waals surface area contributed by atoms with Gasteiger partial charge in [-0.1, -0.05) is 43.6 Å². The van der Waals surface area contributed by atoms with Crippen molar-refractivity contribution >= 4 is 15.9 Å². The third-order valence-electron chi connectivity index (χ3n) is 2.18. The van der Waals surface area contributed by atoms with Gasteiger partial charge in [0.2, 0.25) is 0 Å². The third-order valence-corrected chi connectivity index (χ3v) is 3.73. The van der Waals surface area contributed by atoms with Crippen molar-refractivity contribution in [2.45, 2.75) is 45.4 Å². The number of ether oxygens (including phenoxy) is 1. The van der Waals surface area contributed by atoms with Gasteiger partial charge in [0.05, 0.1) is 0 Å². The van der Waals surface area contributed by atoms with Crippen LogP contribution in [-0.2, 0) is 4.74 Å². The molecule has 0 aliphatic heterocycles. The fraction of sp³-hybridized carbons (Fsp3) is 1.00. The lowest BCUT2D eigenvalue weighted by molar-refractivity contribution is 0.0992. The zero-order valence-corrected chi connectivity index (χ0v) is 10.9. The number of halogens is 1. The summed E-state index contributed by atoms with van der Waals surface area (Å²) in [6.45, 7) is 10.7. The van der Waals surface area contributed by atoms with E-state index in [9.17, 15) is 0 Å². The number of rotatable bonds is 7. The molecule has 0 N–H and O–H groups in total. The van der Waals surface area contributed by atoms with E-state index in [0.29, 0.717) is 10.7 Å². The van der Waals surface area contributed by atoms with Crippen molar-refractivity contribution < 1.29 is 4.74 Å². The van der Waals surface area contributed by atoms with Crippen LogP contribution in [0.4, 0.5) is 0 Å². The molecule has 0 amide bonds. The smallest absolute Gasteiger partial charge is 0.0488 e. The van der Waals surface area contributed by atoms with Gasteiger partial charge < -0.3 is 4.74 Å². The minimum absolute atomic E-state index is 0.648. The predicted molar refractivity (Wildman–Crippen MR) is 62.4 cm³/mol. The van der Waals surface area contributed by atoms with Gasteiger partial charge in [-0.25, -0.2) is 0 Å². The second kappa shape index (κ2) is 7.81. The third kappa shape index (κ3) is 7.51. The molecule has 0 aromatic heterocycles. The van der Waals surface area contributed by atoms with Crippen molar-refractivity contribution in [2.75, 3.05) is 13.2 Å². The standard InChI is InChI=1S/C11H23BrO/c1-5-11(12)10(4)6-7-13-8-9(2)3/h9-11H,5-8H2,1-4H3. The van der Waals surface area contributed by atoms with Crippen molar-refractivity contribution in [3.63, 3.8) is 0 Å². The lowest BCUT2D eigenvalue weighted by atomic mass is 10.0. The lowest BCUT2D eigenvalue weighted by Crippen LogP contribution is -2.13. The van der Waals surface area contributed by atoms with E-state index in [1.165, 1.54) is 6.42 Å². The molecule has 13 heavy (non-hydrogen) atoms. The first kappa shape index (κ1) is 13.4. The molecular formula is C11H23BrO. The summed E-state index contributed by atoms with van der Waals surface area (Å²) in [5.41, 5.74) is 0. The number of alkyl halides is 1. The zero-order chi connectivity index (χ0) is 10.3. The van der Waals surface area contributed by atoms with Gasteiger partial charge in [-0.3, -0.25) is 0 Å². The molecule has 0 bridgehead atoms. The Morgan fingerprint density at radius 2 is 1.85 bits per heavy atom. The van der Waals surface area contributed by atoms with Crippen molar-refractivity contribution in [3.8, 4) is 0 Å². The molecule has 0 aromatic carbocycles. The molecule has 0 saturated carbocycles. The summed E-state index contributed by atoms with van der Waals surface area (Å²) in [6, 6.07) is 0. The predicted octanol–water partition coefficient (Wildman–Crippen LogP) is 3.86. The summed E-state index contributed by atoms with van der Waals surface area (Å²) < 4.78 is 5.54. The maximum absolute atomic E-state index is 5.54. The molecule has 0 radical (unpaired) electrons. The van der Waals surface area contributed by atoms with Crippen molar-refractivity contribution in [3.05, 3.63) is 0 Å². The maximum Gasteiger partial charge on any atom is 0.0488 e. The second-order valence-corrected chi connectivity index (χ2v) is 5.34. The maximum atomic E-state index is 5.54. The second-order valence-electron chi connectivity index (χ2n) is 4.16. The Morgan fingerprint density at radius 3 is 2.31 bits per heavy atom. The lowest BCUT2D eigenvalue weighted by Gasteiger charge is -2.16. The van der Waals surface area contributed by atoms with Crippen molar-refractivity contribution in [1.82, 2.24) is 0 Å². The molecule has 0 heterocycles. The molecule has 2 atom stereocenters. The van der Waals surface area contributed by atoms with E-state index in [-0.39, 0.29) is 0 Å². The first-order valence-electron chi connectivity index (χ1n) is 5.29. The zero-order valence-electron chi connectivity index (χ0n) is 9.35. The monoisotopic (exact) mass is 250 g/mol. The average Bonchev–Trinajstić information content (AvgIpc) is 2.10. The fourth-order valence-corrected chi connectivity index (χ4v) is 1.44. The van der Waals surface area contributed by atoms with Gasteiger partial charge in [0.15, 0.2) is 0 Å². The molecule has 2 heteroatoms. The molecule has 0 aliphatic rings. The molecule has 0 rings (SSSR count). The van der Waals surface area contributed by atoms with Gasteiger partial charge in [0.1, 0.15) is 0 Å². The van der Waals surface area contributed by atoms with Gasteiger partial charge in [-0.15, -0.1) is 0 Å². The summed E-state index contributed by atoms with van der Waals surface area (Å²) in [6.07, 6.45) is 2.36. The minimum atomic E-state index is 0.648. The van der Waals surface area contributed by atoms with E-state index < -0.39 is 0 Å². The highest BCUT2D eigenvalue weighted by Crippen LogP contribution is 2.19. The van der Waals surface area contributed by atoms with Crippen LogP contribution in [0, 0.1) is 11.8 Å². The first-order chi connectivity index (χ1) is 6.07. The Balaban J connectivity index is 3.31. The molecule has 1 nitrogen and oxygen atoms in total. The Labute approximate surface area is 91.4 Å². The highest BCUT2D eigenvalue weighted by molar-refractivity contribution is 9.09. The summed E-state index contributed by atoms with van der Waals surface area (Å²) >= 11 is 3.67. The van der Waals surface area contributed by atoms with E-state index in [1.54, 1.807) is 0 Å². The van der Waals surface area contributed by atoms with Crippen LogP contribution in [0.5, 0.6) is 0 Å². The van der Waals surface area contributed by atoms with Crippen LogP contribution >= 0.6 is 15.9 Å². The van der Waals surface area contributed by atoms with Crippen LogP contribution in [-0.4, -0.2) is 18.0 Å². The fourth-order valence-electron chi connectivity index (χ4n) is 1.17. The normalized spacial score (nSPS) is 16.2. The van der Waals surface area contributed by atoms with Crippen LogP contribution < -0.4 is 0 Å². The number of hydrogen-bond acceptors (Lipinski definition) is 1. The average molecular weight is 251 g/mol. The summed E-state index contributed by atoms with van der Waals surface area (Å²) in [5, 5.41) is 0. The Kier molecular flexibility index (Phi) is 8.07. The Morgan fingerprint density at radius 1 is 1.23 bits per heavy atom. The highest BCUT2D eigenvalue weighted by atomic mass is 79.9. The molecule has 0 saturated heterocycles. The summed E-state index contributed by atoms with van der Waals surface area (Å²) in [5.74, 6) is 1.37. The van der Waals surface area contributed by atoms with Crippen molar-refractivity contribution in [1.29, 1.82) is 0 Å². The highest BCUT2D eigenvalue weighted by Gasteiger charge is 2.11. The van der Waals surface area contributed by atoms with Gasteiger partial charge in [-0.2, -0.15) is 0 Å². The first-order valence-corrected chi connectivity index (χ1v) is 6.21.